The molecular weight excluding hydrogens is 330 g/mol. The van der Waals surface area contributed by atoms with Crippen molar-refractivity contribution in [2.45, 2.75) is 33.2 Å². The molecule has 0 radical (unpaired) electrons. The van der Waals surface area contributed by atoms with Gasteiger partial charge in [-0.1, -0.05) is 13.8 Å². The minimum atomic E-state index is -0.598. The average molecular weight is 348 g/mol. The third-order valence-electron chi connectivity index (χ3n) is 2.58. The van der Waals surface area contributed by atoms with Gasteiger partial charge in [0.25, 0.3) is 5.91 Å². The number of methoxy groups -OCH3 is 1. The quantitative estimate of drug-likeness (QED) is 0.832. The fourth-order valence-electron chi connectivity index (χ4n) is 1.63. The van der Waals surface area contributed by atoms with Crippen LogP contribution >= 0.6 is 27.3 Å². The van der Waals surface area contributed by atoms with Crippen LogP contribution in [0.1, 0.15) is 35.5 Å². The number of carbonyl (C=O) groups excluding carboxylic acids is 2. The lowest BCUT2D eigenvalue weighted by Gasteiger charge is -2.17. The largest absolute Gasteiger partial charge is 0.467 e. The van der Waals surface area contributed by atoms with Gasteiger partial charge in [0.1, 0.15) is 6.04 Å². The highest BCUT2D eigenvalue weighted by Gasteiger charge is 2.24. The number of amides is 1. The molecule has 0 fully saturated rings. The van der Waals surface area contributed by atoms with E-state index in [4.69, 9.17) is 4.74 Å². The zero-order chi connectivity index (χ0) is 14.6. The van der Waals surface area contributed by atoms with E-state index < -0.39 is 12.0 Å². The Kier molecular flexibility index (Phi) is 6.00. The SMILES string of the molecule is COC(=O)C(CC(C)C)NC(=O)c1cc(C)c(Br)s1. The Labute approximate surface area is 125 Å². The molecule has 1 rings (SSSR count). The Bertz CT molecular complexity index is 451. The van der Waals surface area contributed by atoms with E-state index in [-0.39, 0.29) is 5.91 Å². The average Bonchev–Trinajstić information content (AvgIpc) is 2.67. The normalized spacial score (nSPS) is 12.3. The number of esters is 1. The van der Waals surface area contributed by atoms with Gasteiger partial charge in [0, 0.05) is 0 Å². The number of ether oxygens (including phenoxy) is 1. The van der Waals surface area contributed by atoms with Crippen LogP contribution in [0.5, 0.6) is 0 Å². The van der Waals surface area contributed by atoms with Crippen molar-refractivity contribution in [1.29, 1.82) is 0 Å². The number of hydrogen-bond acceptors (Lipinski definition) is 4. The van der Waals surface area contributed by atoms with Gasteiger partial charge in [0.05, 0.1) is 15.8 Å². The van der Waals surface area contributed by atoms with Gasteiger partial charge in [-0.15, -0.1) is 11.3 Å². The number of aryl methyl sites for hydroxylation is 1. The number of carbonyl (C=O) groups is 2. The molecule has 0 bridgehead atoms. The summed E-state index contributed by atoms with van der Waals surface area (Å²) in [5.41, 5.74) is 1.01. The zero-order valence-electron chi connectivity index (χ0n) is 11.5. The minimum absolute atomic E-state index is 0.241. The van der Waals surface area contributed by atoms with Crippen LogP contribution < -0.4 is 5.32 Å². The summed E-state index contributed by atoms with van der Waals surface area (Å²) >= 11 is 4.74. The number of hydrogen-bond donors (Lipinski definition) is 1. The van der Waals surface area contributed by atoms with Crippen molar-refractivity contribution in [3.05, 3.63) is 20.3 Å². The molecule has 6 heteroatoms. The Morgan fingerprint density at radius 3 is 2.53 bits per heavy atom. The molecule has 1 unspecified atom stereocenters. The van der Waals surface area contributed by atoms with E-state index in [1.54, 1.807) is 6.07 Å². The van der Waals surface area contributed by atoms with Crippen LogP contribution in [0.15, 0.2) is 9.85 Å². The summed E-state index contributed by atoms with van der Waals surface area (Å²) in [5, 5.41) is 2.73. The van der Waals surface area contributed by atoms with E-state index in [1.165, 1.54) is 18.4 Å². The van der Waals surface area contributed by atoms with E-state index in [9.17, 15) is 9.59 Å². The maximum atomic E-state index is 12.1. The minimum Gasteiger partial charge on any atom is -0.467 e. The molecule has 0 spiro atoms. The summed E-state index contributed by atoms with van der Waals surface area (Å²) in [5.74, 6) is -0.356. The van der Waals surface area contributed by atoms with Gasteiger partial charge in [-0.05, 0) is 46.8 Å². The van der Waals surface area contributed by atoms with Crippen LogP contribution in [-0.4, -0.2) is 25.0 Å². The molecule has 0 saturated heterocycles. The predicted octanol–water partition coefficient (Wildman–Crippen LogP) is 3.14. The van der Waals surface area contributed by atoms with Crippen molar-refractivity contribution >= 4 is 39.1 Å². The highest BCUT2D eigenvalue weighted by Crippen LogP contribution is 2.27. The topological polar surface area (TPSA) is 55.4 Å². The molecule has 0 aliphatic carbocycles. The highest BCUT2D eigenvalue weighted by atomic mass is 79.9. The van der Waals surface area contributed by atoms with Gasteiger partial charge in [-0.2, -0.15) is 0 Å². The lowest BCUT2D eigenvalue weighted by Crippen LogP contribution is -2.42. The second-order valence-corrected chi connectivity index (χ2v) is 7.12. The van der Waals surface area contributed by atoms with Crippen molar-refractivity contribution < 1.29 is 14.3 Å². The number of halogens is 1. The van der Waals surface area contributed by atoms with Gasteiger partial charge < -0.3 is 10.1 Å². The summed E-state index contributed by atoms with van der Waals surface area (Å²) in [4.78, 5) is 24.3. The molecule has 0 aliphatic rings. The van der Waals surface area contributed by atoms with E-state index in [0.29, 0.717) is 17.2 Å². The van der Waals surface area contributed by atoms with E-state index in [0.717, 1.165) is 9.35 Å². The molecule has 0 aliphatic heterocycles. The monoisotopic (exact) mass is 347 g/mol. The Morgan fingerprint density at radius 2 is 2.11 bits per heavy atom. The summed E-state index contributed by atoms with van der Waals surface area (Å²) < 4.78 is 5.65. The fourth-order valence-corrected chi connectivity index (χ4v) is 3.07. The first-order valence-electron chi connectivity index (χ1n) is 5.99. The van der Waals surface area contributed by atoms with Gasteiger partial charge in [-0.3, -0.25) is 4.79 Å². The first kappa shape index (κ1) is 16.2. The molecular formula is C13H18BrNO3S. The molecule has 1 aromatic rings. The van der Waals surface area contributed by atoms with Crippen LogP contribution in [0, 0.1) is 12.8 Å². The first-order chi connectivity index (χ1) is 8.85. The van der Waals surface area contributed by atoms with Crippen LogP contribution in [0.4, 0.5) is 0 Å². The standard InChI is InChI=1S/C13H18BrNO3S/c1-7(2)5-9(13(17)18-4)15-12(16)10-6-8(3)11(14)19-10/h6-7,9H,5H2,1-4H3,(H,15,16). The molecule has 0 saturated carbocycles. The molecule has 106 valence electrons. The Balaban J connectivity index is 2.78. The molecule has 1 aromatic heterocycles. The van der Waals surface area contributed by atoms with E-state index in [1.807, 2.05) is 20.8 Å². The third kappa shape index (κ3) is 4.62. The first-order valence-corrected chi connectivity index (χ1v) is 7.60. The smallest absolute Gasteiger partial charge is 0.328 e. The maximum Gasteiger partial charge on any atom is 0.328 e. The number of rotatable bonds is 5. The van der Waals surface area contributed by atoms with Crippen LogP contribution in [0.25, 0.3) is 0 Å². The summed E-state index contributed by atoms with van der Waals surface area (Å²) in [6, 6.07) is 1.20. The summed E-state index contributed by atoms with van der Waals surface area (Å²) in [7, 11) is 1.33. The molecule has 0 aromatic carbocycles. The van der Waals surface area contributed by atoms with Crippen molar-refractivity contribution in [1.82, 2.24) is 5.32 Å². The van der Waals surface area contributed by atoms with Crippen molar-refractivity contribution in [3.63, 3.8) is 0 Å². The van der Waals surface area contributed by atoms with Gasteiger partial charge in [0.15, 0.2) is 0 Å². The summed E-state index contributed by atoms with van der Waals surface area (Å²) in [6.07, 6.45) is 0.559. The van der Waals surface area contributed by atoms with E-state index in [2.05, 4.69) is 21.2 Å². The van der Waals surface area contributed by atoms with E-state index >= 15 is 0 Å². The van der Waals surface area contributed by atoms with Gasteiger partial charge >= 0.3 is 5.97 Å². The maximum absolute atomic E-state index is 12.1. The third-order valence-corrected chi connectivity index (χ3v) is 4.71. The Morgan fingerprint density at radius 1 is 1.47 bits per heavy atom. The second-order valence-electron chi connectivity index (χ2n) is 4.75. The van der Waals surface area contributed by atoms with Crippen molar-refractivity contribution in [3.8, 4) is 0 Å². The molecule has 1 amide bonds. The van der Waals surface area contributed by atoms with Crippen LogP contribution in [0.2, 0.25) is 0 Å². The lowest BCUT2D eigenvalue weighted by atomic mass is 10.0. The fraction of sp³-hybridized carbons (Fsp3) is 0.538. The summed E-state index contributed by atoms with van der Waals surface area (Å²) in [6.45, 7) is 5.91. The highest BCUT2D eigenvalue weighted by molar-refractivity contribution is 9.11. The predicted molar refractivity (Wildman–Crippen MR) is 79.5 cm³/mol. The molecule has 4 nitrogen and oxygen atoms in total. The molecule has 1 atom stereocenters. The lowest BCUT2D eigenvalue weighted by molar-refractivity contribution is -0.143. The van der Waals surface area contributed by atoms with Crippen LogP contribution in [0.3, 0.4) is 0 Å². The molecule has 19 heavy (non-hydrogen) atoms. The van der Waals surface area contributed by atoms with Gasteiger partial charge in [0.2, 0.25) is 0 Å². The number of nitrogens with one attached hydrogen (secondary N) is 1. The van der Waals surface area contributed by atoms with Gasteiger partial charge in [-0.25, -0.2) is 4.79 Å². The zero-order valence-corrected chi connectivity index (χ0v) is 13.9. The van der Waals surface area contributed by atoms with Crippen LogP contribution in [-0.2, 0) is 9.53 Å². The molecule has 1 N–H and O–H groups in total. The second kappa shape index (κ2) is 7.05. The van der Waals surface area contributed by atoms with Crippen molar-refractivity contribution in [2.75, 3.05) is 7.11 Å². The van der Waals surface area contributed by atoms with Crippen molar-refractivity contribution in [2.24, 2.45) is 5.92 Å². The number of thiophene rings is 1. The Hall–Kier alpha value is -0.880. The molecule has 1 heterocycles.